The molecule has 9 nitrogen and oxygen atoms in total. The first kappa shape index (κ1) is 28.8. The highest BCUT2D eigenvalue weighted by Crippen LogP contribution is 2.44. The Hall–Kier alpha value is -4.76. The van der Waals surface area contributed by atoms with E-state index >= 15 is 0 Å². The minimum atomic E-state index is -1.10. The summed E-state index contributed by atoms with van der Waals surface area (Å²) in [6.07, 6.45) is 0.758. The van der Waals surface area contributed by atoms with E-state index in [-0.39, 0.29) is 36.7 Å². The van der Waals surface area contributed by atoms with E-state index in [4.69, 9.17) is 21.1 Å². The Morgan fingerprint density at radius 2 is 1.50 bits per heavy atom. The number of anilines is 1. The molecule has 1 amide bonds. The standard InChI is InChI=1S/C32H28ClN3O6/c1-36-17-27(30(35-36)31(39)19-11-13-21(33)14-12-19)34-32(40)20(15-28(37)41-2)16-29(38)42-18-26-24-9-5-3-7-22(24)23-8-4-6-10-25(23)26/h3-14,17,20,26H,15-16,18H2,1-2H3,(H,34,40)/t20-/m1/s1. The number of fused-ring (bicyclic) bond motifs is 3. The molecular weight excluding hydrogens is 558 g/mol. The van der Waals surface area contributed by atoms with E-state index in [1.807, 2.05) is 48.5 Å². The normalized spacial score (nSPS) is 12.6. The third-order valence-electron chi connectivity index (χ3n) is 7.21. The number of rotatable bonds is 10. The van der Waals surface area contributed by atoms with Gasteiger partial charge in [-0.05, 0) is 46.5 Å². The third kappa shape index (κ3) is 6.11. The molecule has 1 N–H and O–H groups in total. The highest BCUT2D eigenvalue weighted by atomic mass is 35.5. The van der Waals surface area contributed by atoms with E-state index < -0.39 is 29.5 Å². The number of amides is 1. The summed E-state index contributed by atoms with van der Waals surface area (Å²) in [5.74, 6) is -3.62. The van der Waals surface area contributed by atoms with Gasteiger partial charge in [0.1, 0.15) is 6.61 Å². The van der Waals surface area contributed by atoms with Crippen molar-refractivity contribution in [3.8, 4) is 11.1 Å². The molecule has 0 unspecified atom stereocenters. The number of esters is 2. The lowest BCUT2D eigenvalue weighted by molar-refractivity contribution is -0.149. The summed E-state index contributed by atoms with van der Waals surface area (Å²) in [6, 6.07) is 22.2. The molecule has 5 rings (SSSR count). The van der Waals surface area contributed by atoms with Gasteiger partial charge in [0, 0.05) is 29.7 Å². The molecule has 0 saturated carbocycles. The number of hydrogen-bond acceptors (Lipinski definition) is 7. The van der Waals surface area contributed by atoms with E-state index in [0.29, 0.717) is 10.6 Å². The maximum atomic E-state index is 13.4. The van der Waals surface area contributed by atoms with E-state index in [2.05, 4.69) is 10.4 Å². The van der Waals surface area contributed by atoms with E-state index in [1.54, 1.807) is 31.3 Å². The minimum absolute atomic E-state index is 0.00568. The molecule has 0 saturated heterocycles. The van der Waals surface area contributed by atoms with Gasteiger partial charge in [0.2, 0.25) is 11.7 Å². The number of nitrogens with zero attached hydrogens (tertiary/aromatic N) is 2. The Labute approximate surface area is 247 Å². The fraction of sp³-hybridized carbons (Fsp3) is 0.219. The van der Waals surface area contributed by atoms with Crippen molar-refractivity contribution in [1.82, 2.24) is 9.78 Å². The summed E-state index contributed by atoms with van der Waals surface area (Å²) in [7, 11) is 2.81. The van der Waals surface area contributed by atoms with Crippen molar-refractivity contribution in [3.63, 3.8) is 0 Å². The number of carbonyl (C=O) groups excluding carboxylic acids is 4. The van der Waals surface area contributed by atoms with Crippen LogP contribution in [0.2, 0.25) is 5.02 Å². The summed E-state index contributed by atoms with van der Waals surface area (Å²) in [5, 5.41) is 7.35. The van der Waals surface area contributed by atoms with Crippen molar-refractivity contribution in [1.29, 1.82) is 0 Å². The van der Waals surface area contributed by atoms with Crippen molar-refractivity contribution >= 4 is 40.9 Å². The molecule has 1 atom stereocenters. The van der Waals surface area contributed by atoms with Crippen molar-refractivity contribution in [2.24, 2.45) is 13.0 Å². The average Bonchev–Trinajstić information content (AvgIpc) is 3.52. The molecule has 4 aromatic rings. The monoisotopic (exact) mass is 585 g/mol. The quantitative estimate of drug-likeness (QED) is 0.202. The van der Waals surface area contributed by atoms with Gasteiger partial charge in [0.15, 0.2) is 5.69 Å². The van der Waals surface area contributed by atoms with Crippen LogP contribution < -0.4 is 5.32 Å². The number of halogens is 1. The number of ketones is 1. The van der Waals surface area contributed by atoms with E-state index in [9.17, 15) is 19.2 Å². The van der Waals surface area contributed by atoms with Gasteiger partial charge >= 0.3 is 11.9 Å². The summed E-state index contributed by atoms with van der Waals surface area (Å²) in [5.41, 5.74) is 4.79. The van der Waals surface area contributed by atoms with Crippen LogP contribution in [0.3, 0.4) is 0 Å². The van der Waals surface area contributed by atoms with Crippen LogP contribution in [-0.2, 0) is 30.9 Å². The van der Waals surface area contributed by atoms with Gasteiger partial charge < -0.3 is 14.8 Å². The Morgan fingerprint density at radius 1 is 0.905 bits per heavy atom. The zero-order chi connectivity index (χ0) is 29.8. The van der Waals surface area contributed by atoms with Gasteiger partial charge in [-0.1, -0.05) is 60.1 Å². The second-order valence-corrected chi connectivity index (χ2v) is 10.4. The van der Waals surface area contributed by atoms with Crippen LogP contribution in [0.4, 0.5) is 5.69 Å². The predicted molar refractivity (Wildman–Crippen MR) is 156 cm³/mol. The molecule has 3 aromatic carbocycles. The number of methoxy groups -OCH3 is 1. The lowest BCUT2D eigenvalue weighted by Gasteiger charge is -2.17. The highest BCUT2D eigenvalue weighted by Gasteiger charge is 2.31. The number of aromatic nitrogens is 2. The predicted octanol–water partition coefficient (Wildman–Crippen LogP) is 5.17. The van der Waals surface area contributed by atoms with Gasteiger partial charge in [-0.15, -0.1) is 0 Å². The van der Waals surface area contributed by atoms with Crippen LogP contribution in [-0.4, -0.2) is 47.1 Å². The number of aryl methyl sites for hydroxylation is 1. The molecule has 1 aliphatic rings. The van der Waals surface area contributed by atoms with E-state index in [0.717, 1.165) is 22.3 Å². The maximum absolute atomic E-state index is 13.4. The zero-order valence-corrected chi connectivity index (χ0v) is 23.8. The van der Waals surface area contributed by atoms with Crippen molar-refractivity contribution < 1.29 is 28.7 Å². The van der Waals surface area contributed by atoms with Crippen LogP contribution in [0.15, 0.2) is 79.0 Å². The van der Waals surface area contributed by atoms with Crippen LogP contribution >= 0.6 is 11.6 Å². The summed E-state index contributed by atoms with van der Waals surface area (Å²) in [4.78, 5) is 51.6. The molecular formula is C32H28ClN3O6. The smallest absolute Gasteiger partial charge is 0.306 e. The number of benzene rings is 3. The van der Waals surface area contributed by atoms with Gasteiger partial charge in [-0.3, -0.25) is 23.9 Å². The maximum Gasteiger partial charge on any atom is 0.306 e. The first-order chi connectivity index (χ1) is 20.2. The number of hydrogen-bond donors (Lipinski definition) is 1. The molecule has 0 aliphatic heterocycles. The highest BCUT2D eigenvalue weighted by molar-refractivity contribution is 6.30. The SMILES string of the molecule is COC(=O)C[C@H](CC(=O)OCC1c2ccccc2-c2ccccc21)C(=O)Nc1cn(C)nc1C(=O)c1ccc(Cl)cc1. The fourth-order valence-electron chi connectivity index (χ4n) is 5.14. The van der Waals surface area contributed by atoms with Crippen LogP contribution in [0, 0.1) is 5.92 Å². The molecule has 0 radical (unpaired) electrons. The lowest BCUT2D eigenvalue weighted by Crippen LogP contribution is -2.29. The van der Waals surface area contributed by atoms with Gasteiger partial charge in [-0.25, -0.2) is 0 Å². The largest absolute Gasteiger partial charge is 0.469 e. The first-order valence-corrected chi connectivity index (χ1v) is 13.7. The second kappa shape index (κ2) is 12.4. The number of nitrogens with one attached hydrogen (secondary N) is 1. The Balaban J connectivity index is 1.29. The van der Waals surface area contributed by atoms with Crippen LogP contribution in [0.25, 0.3) is 11.1 Å². The minimum Gasteiger partial charge on any atom is -0.469 e. The summed E-state index contributed by atoms with van der Waals surface area (Å²) >= 11 is 5.94. The third-order valence-corrected chi connectivity index (χ3v) is 7.46. The van der Waals surface area contributed by atoms with Gasteiger partial charge in [0.05, 0.1) is 31.6 Å². The van der Waals surface area contributed by atoms with E-state index in [1.165, 1.54) is 18.0 Å². The molecule has 42 heavy (non-hydrogen) atoms. The molecule has 0 spiro atoms. The topological polar surface area (TPSA) is 117 Å². The van der Waals surface area contributed by atoms with Gasteiger partial charge in [0.25, 0.3) is 0 Å². The summed E-state index contributed by atoms with van der Waals surface area (Å²) < 4.78 is 11.8. The molecule has 10 heteroatoms. The molecule has 0 fully saturated rings. The molecule has 1 aromatic heterocycles. The fourth-order valence-corrected chi connectivity index (χ4v) is 5.26. The van der Waals surface area contributed by atoms with Crippen molar-refractivity contribution in [3.05, 3.63) is 106 Å². The molecule has 214 valence electrons. The number of ether oxygens (including phenoxy) is 2. The number of carbonyl (C=O) groups is 4. The van der Waals surface area contributed by atoms with Crippen LogP contribution in [0.1, 0.15) is 45.9 Å². The van der Waals surface area contributed by atoms with Gasteiger partial charge in [-0.2, -0.15) is 5.10 Å². The first-order valence-electron chi connectivity index (χ1n) is 13.3. The molecule has 0 bridgehead atoms. The van der Waals surface area contributed by atoms with Crippen molar-refractivity contribution in [2.45, 2.75) is 18.8 Å². The molecule has 1 aliphatic carbocycles. The Morgan fingerprint density at radius 3 is 2.12 bits per heavy atom. The Kier molecular flexibility index (Phi) is 8.49. The Bertz CT molecular complexity index is 1620. The van der Waals surface area contributed by atoms with Crippen molar-refractivity contribution in [2.75, 3.05) is 19.0 Å². The average molecular weight is 586 g/mol. The summed E-state index contributed by atoms with van der Waals surface area (Å²) in [6.45, 7) is 0.0851. The zero-order valence-electron chi connectivity index (χ0n) is 23.0. The second-order valence-electron chi connectivity index (χ2n) is 9.98. The molecule has 1 heterocycles. The van der Waals surface area contributed by atoms with Crippen LogP contribution in [0.5, 0.6) is 0 Å². The lowest BCUT2D eigenvalue weighted by atomic mass is 9.97.